The molecule has 168 valence electrons. The average molecular weight is 427 g/mol. The third kappa shape index (κ3) is 5.80. The summed E-state index contributed by atoms with van der Waals surface area (Å²) in [5.74, 6) is 2.69. The van der Waals surface area contributed by atoms with Gasteiger partial charge in [-0.05, 0) is 56.6 Å². The molecule has 0 saturated carbocycles. The Morgan fingerprint density at radius 2 is 2.13 bits per heavy atom. The van der Waals surface area contributed by atoms with E-state index in [1.54, 1.807) is 13.3 Å². The van der Waals surface area contributed by atoms with Gasteiger partial charge in [-0.2, -0.15) is 0 Å². The molecule has 0 bridgehead atoms. The van der Waals surface area contributed by atoms with E-state index >= 15 is 0 Å². The lowest BCUT2D eigenvalue weighted by Crippen LogP contribution is -2.42. The summed E-state index contributed by atoms with van der Waals surface area (Å²) >= 11 is 0. The highest BCUT2D eigenvalue weighted by Crippen LogP contribution is 2.25. The Morgan fingerprint density at radius 1 is 1.26 bits per heavy atom. The van der Waals surface area contributed by atoms with Gasteiger partial charge in [0.15, 0.2) is 5.96 Å². The van der Waals surface area contributed by atoms with E-state index < -0.39 is 0 Å². The number of likely N-dealkylation sites (tertiary alicyclic amines) is 1. The third-order valence-corrected chi connectivity index (χ3v) is 5.99. The first-order chi connectivity index (χ1) is 15.2. The van der Waals surface area contributed by atoms with E-state index in [1.165, 1.54) is 18.4 Å². The summed E-state index contributed by atoms with van der Waals surface area (Å²) < 4.78 is 17.4. The predicted octanol–water partition coefficient (Wildman–Crippen LogP) is 3.26. The number of ether oxygens (including phenoxy) is 2. The fourth-order valence-corrected chi connectivity index (χ4v) is 4.24. The first-order valence-electron chi connectivity index (χ1n) is 11.3. The molecule has 0 spiro atoms. The smallest absolute Gasteiger partial charge is 0.191 e. The van der Waals surface area contributed by atoms with Gasteiger partial charge in [0.2, 0.25) is 0 Å². The highest BCUT2D eigenvalue weighted by atomic mass is 16.5. The van der Waals surface area contributed by atoms with Crippen molar-refractivity contribution in [1.29, 1.82) is 0 Å². The summed E-state index contributed by atoms with van der Waals surface area (Å²) in [5, 5.41) is 6.93. The zero-order valence-electron chi connectivity index (χ0n) is 18.6. The van der Waals surface area contributed by atoms with E-state index in [9.17, 15) is 0 Å². The summed E-state index contributed by atoms with van der Waals surface area (Å²) in [5.41, 5.74) is 2.30. The fourth-order valence-electron chi connectivity index (χ4n) is 4.24. The molecule has 0 aliphatic carbocycles. The Labute approximate surface area is 184 Å². The van der Waals surface area contributed by atoms with Crippen LogP contribution < -0.4 is 15.4 Å². The van der Waals surface area contributed by atoms with Gasteiger partial charge in [0.05, 0.1) is 25.5 Å². The average Bonchev–Trinajstić information content (AvgIpc) is 3.56. The minimum Gasteiger partial charge on any atom is -0.488 e. The molecule has 7 nitrogen and oxygen atoms in total. The van der Waals surface area contributed by atoms with Crippen molar-refractivity contribution >= 4 is 5.96 Å². The molecule has 3 heterocycles. The molecule has 0 amide bonds. The SMILES string of the molecule is CN=C(NCc1ccc(C)cc1OC1CCOC1)NCC(c1ccco1)N1CCCC1. The highest BCUT2D eigenvalue weighted by Gasteiger charge is 2.25. The molecule has 2 aliphatic heterocycles. The Kier molecular flexibility index (Phi) is 7.48. The molecule has 7 heteroatoms. The van der Waals surface area contributed by atoms with Crippen molar-refractivity contribution in [2.24, 2.45) is 4.99 Å². The largest absolute Gasteiger partial charge is 0.488 e. The number of nitrogens with one attached hydrogen (secondary N) is 2. The highest BCUT2D eigenvalue weighted by molar-refractivity contribution is 5.79. The summed E-state index contributed by atoms with van der Waals surface area (Å²) in [4.78, 5) is 6.90. The Morgan fingerprint density at radius 3 is 2.84 bits per heavy atom. The molecule has 2 aliphatic rings. The number of furan rings is 1. The minimum atomic E-state index is 0.132. The molecule has 2 saturated heterocycles. The van der Waals surface area contributed by atoms with Crippen LogP contribution in [0.3, 0.4) is 0 Å². The van der Waals surface area contributed by atoms with Crippen LogP contribution in [0, 0.1) is 6.92 Å². The normalized spacial score (nSPS) is 20.7. The van der Waals surface area contributed by atoms with E-state index in [4.69, 9.17) is 13.9 Å². The van der Waals surface area contributed by atoms with Crippen molar-refractivity contribution in [1.82, 2.24) is 15.5 Å². The first-order valence-corrected chi connectivity index (χ1v) is 11.3. The quantitative estimate of drug-likeness (QED) is 0.499. The van der Waals surface area contributed by atoms with Crippen LogP contribution in [0.2, 0.25) is 0 Å². The van der Waals surface area contributed by atoms with Crippen molar-refractivity contribution in [3.8, 4) is 5.75 Å². The molecule has 1 aromatic carbocycles. The lowest BCUT2D eigenvalue weighted by atomic mass is 10.1. The van der Waals surface area contributed by atoms with E-state index in [0.717, 1.165) is 55.7 Å². The van der Waals surface area contributed by atoms with Gasteiger partial charge in [-0.1, -0.05) is 12.1 Å². The van der Waals surface area contributed by atoms with Crippen LogP contribution in [-0.4, -0.2) is 56.9 Å². The lowest BCUT2D eigenvalue weighted by molar-refractivity contribution is 0.140. The summed E-state index contributed by atoms with van der Waals surface area (Å²) in [6, 6.07) is 10.6. The number of guanidine groups is 1. The first kappa shape index (κ1) is 21.7. The monoisotopic (exact) mass is 426 g/mol. The zero-order chi connectivity index (χ0) is 21.5. The van der Waals surface area contributed by atoms with E-state index in [1.807, 2.05) is 6.07 Å². The van der Waals surface area contributed by atoms with Crippen LogP contribution in [0.15, 0.2) is 46.0 Å². The third-order valence-electron chi connectivity index (χ3n) is 5.99. The number of nitrogens with zero attached hydrogens (tertiary/aromatic N) is 2. The van der Waals surface area contributed by atoms with Crippen molar-refractivity contribution in [2.45, 2.75) is 44.9 Å². The van der Waals surface area contributed by atoms with Crippen LogP contribution in [-0.2, 0) is 11.3 Å². The van der Waals surface area contributed by atoms with Crippen LogP contribution >= 0.6 is 0 Å². The molecule has 2 N–H and O–H groups in total. The zero-order valence-corrected chi connectivity index (χ0v) is 18.6. The summed E-state index contributed by atoms with van der Waals surface area (Å²) in [6.45, 7) is 7.11. The van der Waals surface area contributed by atoms with Crippen LogP contribution in [0.1, 0.15) is 42.2 Å². The van der Waals surface area contributed by atoms with E-state index in [2.05, 4.69) is 51.7 Å². The molecule has 2 atom stereocenters. The maximum atomic E-state index is 6.22. The van der Waals surface area contributed by atoms with Crippen molar-refractivity contribution in [2.75, 3.05) is 39.9 Å². The number of benzene rings is 1. The van der Waals surface area contributed by atoms with E-state index in [-0.39, 0.29) is 12.1 Å². The van der Waals surface area contributed by atoms with Crippen molar-refractivity contribution in [3.05, 3.63) is 53.5 Å². The molecule has 2 unspecified atom stereocenters. The number of hydrogen-bond acceptors (Lipinski definition) is 5. The van der Waals surface area contributed by atoms with Crippen molar-refractivity contribution in [3.63, 3.8) is 0 Å². The Balaban J connectivity index is 1.36. The second kappa shape index (κ2) is 10.7. The minimum absolute atomic E-state index is 0.132. The second-order valence-electron chi connectivity index (χ2n) is 8.30. The van der Waals surface area contributed by atoms with Crippen LogP contribution in [0.5, 0.6) is 5.75 Å². The van der Waals surface area contributed by atoms with Crippen LogP contribution in [0.4, 0.5) is 0 Å². The standard InChI is InChI=1S/C24H34N4O3/c1-18-7-8-19(23(14-18)31-20-9-13-29-17-20)15-26-24(25-2)27-16-21(22-6-5-12-30-22)28-10-3-4-11-28/h5-8,12,14,20-21H,3-4,9-11,13,15-17H2,1-2H3,(H2,25,26,27). The molecule has 2 aromatic rings. The molecular weight excluding hydrogens is 392 g/mol. The second-order valence-corrected chi connectivity index (χ2v) is 8.30. The van der Waals surface area contributed by atoms with Gasteiger partial charge < -0.3 is 24.5 Å². The molecule has 4 rings (SSSR count). The van der Waals surface area contributed by atoms with Crippen molar-refractivity contribution < 1.29 is 13.9 Å². The summed E-state index contributed by atoms with van der Waals surface area (Å²) in [7, 11) is 1.80. The molecule has 2 fully saturated rings. The van der Waals surface area contributed by atoms with Gasteiger partial charge in [-0.25, -0.2) is 0 Å². The molecule has 1 aromatic heterocycles. The van der Waals surface area contributed by atoms with Gasteiger partial charge in [-0.3, -0.25) is 9.89 Å². The lowest BCUT2D eigenvalue weighted by Gasteiger charge is -2.26. The van der Waals surface area contributed by atoms with E-state index in [0.29, 0.717) is 13.2 Å². The fraction of sp³-hybridized carbons (Fsp3) is 0.542. The topological polar surface area (TPSA) is 71.3 Å². The van der Waals surface area contributed by atoms with Gasteiger partial charge in [-0.15, -0.1) is 0 Å². The Bertz CT molecular complexity index is 841. The summed E-state index contributed by atoms with van der Waals surface area (Å²) in [6.07, 6.45) is 5.31. The van der Waals surface area contributed by atoms with Gasteiger partial charge in [0.25, 0.3) is 0 Å². The van der Waals surface area contributed by atoms with Gasteiger partial charge in [0, 0.05) is 32.1 Å². The maximum Gasteiger partial charge on any atom is 0.191 e. The number of aryl methyl sites for hydroxylation is 1. The maximum absolute atomic E-state index is 6.22. The van der Waals surface area contributed by atoms with Gasteiger partial charge >= 0.3 is 0 Å². The number of rotatable bonds is 8. The number of hydrogen-bond donors (Lipinski definition) is 2. The molecule has 0 radical (unpaired) electrons. The Hall–Kier alpha value is -2.51. The predicted molar refractivity (Wildman–Crippen MR) is 121 cm³/mol. The molecule has 31 heavy (non-hydrogen) atoms. The molecular formula is C24H34N4O3. The number of aliphatic imine (C=N–C) groups is 1. The van der Waals surface area contributed by atoms with Crippen LogP contribution in [0.25, 0.3) is 0 Å². The van der Waals surface area contributed by atoms with Gasteiger partial charge in [0.1, 0.15) is 17.6 Å².